The minimum absolute atomic E-state index is 1.18. The highest BCUT2D eigenvalue weighted by Gasteiger charge is 2.13. The molecule has 1 aliphatic heterocycles. The Labute approximate surface area is 78.0 Å². The molecule has 0 bridgehead atoms. The van der Waals surface area contributed by atoms with Crippen molar-refractivity contribution in [3.8, 4) is 0 Å². The number of thiophene rings is 1. The van der Waals surface area contributed by atoms with Crippen LogP contribution in [0.3, 0.4) is 0 Å². The Morgan fingerprint density at radius 1 is 1.58 bits per heavy atom. The van der Waals surface area contributed by atoms with E-state index in [2.05, 4.69) is 23.3 Å². The molecule has 0 amide bonds. The zero-order chi connectivity index (χ0) is 8.39. The fraction of sp³-hybridized carbons (Fsp3) is 0.600. The molecule has 0 saturated heterocycles. The molecule has 0 unspecified atom stereocenters. The molecule has 1 aliphatic rings. The number of hydrogen-bond acceptors (Lipinski definition) is 2. The van der Waals surface area contributed by atoms with Gasteiger partial charge in [0.1, 0.15) is 0 Å². The van der Waals surface area contributed by atoms with Gasteiger partial charge in [-0.05, 0) is 42.9 Å². The fourth-order valence-electron chi connectivity index (χ4n) is 1.77. The highest BCUT2D eigenvalue weighted by Crippen LogP contribution is 2.23. The minimum Gasteiger partial charge on any atom is -0.299 e. The minimum atomic E-state index is 1.18. The predicted octanol–water partition coefficient (Wildman–Crippen LogP) is 2.52. The van der Waals surface area contributed by atoms with Crippen molar-refractivity contribution in [2.24, 2.45) is 0 Å². The first-order chi connectivity index (χ1) is 5.90. The summed E-state index contributed by atoms with van der Waals surface area (Å²) in [7, 11) is 0. The molecule has 1 aromatic rings. The first kappa shape index (κ1) is 8.27. The topological polar surface area (TPSA) is 3.24 Å². The molecule has 2 heterocycles. The van der Waals surface area contributed by atoms with Crippen molar-refractivity contribution in [1.29, 1.82) is 0 Å². The third-order valence-corrected chi connectivity index (χ3v) is 3.52. The lowest BCUT2D eigenvalue weighted by Gasteiger charge is -2.16. The predicted molar refractivity (Wildman–Crippen MR) is 53.6 cm³/mol. The SMILES string of the molecule is CCN1CCCc2ccsc2C1. The number of nitrogens with zero attached hydrogens (tertiary/aromatic N) is 1. The van der Waals surface area contributed by atoms with Crippen molar-refractivity contribution in [2.75, 3.05) is 13.1 Å². The normalized spacial score (nSPS) is 18.8. The highest BCUT2D eigenvalue weighted by molar-refractivity contribution is 7.10. The van der Waals surface area contributed by atoms with Crippen LogP contribution in [0.1, 0.15) is 23.8 Å². The van der Waals surface area contributed by atoms with E-state index in [0.29, 0.717) is 0 Å². The van der Waals surface area contributed by atoms with Crippen molar-refractivity contribution in [2.45, 2.75) is 26.3 Å². The Bertz CT molecular complexity index is 254. The summed E-state index contributed by atoms with van der Waals surface area (Å²) < 4.78 is 0. The molecule has 0 N–H and O–H groups in total. The molecule has 0 fully saturated rings. The maximum Gasteiger partial charge on any atom is 0.0330 e. The molecule has 0 spiro atoms. The lowest BCUT2D eigenvalue weighted by atomic mass is 10.2. The van der Waals surface area contributed by atoms with E-state index < -0.39 is 0 Å². The van der Waals surface area contributed by atoms with Crippen LogP contribution in [-0.2, 0) is 13.0 Å². The average Bonchev–Trinajstić information content (AvgIpc) is 2.43. The summed E-state index contributed by atoms with van der Waals surface area (Å²) in [6.07, 6.45) is 2.62. The van der Waals surface area contributed by atoms with Gasteiger partial charge in [-0.3, -0.25) is 4.90 Å². The molecule has 1 nitrogen and oxygen atoms in total. The molecular formula is C10H15NS. The quantitative estimate of drug-likeness (QED) is 0.643. The Hall–Kier alpha value is -0.340. The van der Waals surface area contributed by atoms with Gasteiger partial charge >= 0.3 is 0 Å². The Kier molecular flexibility index (Phi) is 2.47. The van der Waals surface area contributed by atoms with Gasteiger partial charge in [0.25, 0.3) is 0 Å². The zero-order valence-corrected chi connectivity index (χ0v) is 8.36. The van der Waals surface area contributed by atoms with Crippen molar-refractivity contribution in [3.05, 3.63) is 21.9 Å². The smallest absolute Gasteiger partial charge is 0.0330 e. The summed E-state index contributed by atoms with van der Waals surface area (Å²) in [5.41, 5.74) is 1.59. The third kappa shape index (κ3) is 1.54. The van der Waals surface area contributed by atoms with Crippen LogP contribution in [0.4, 0.5) is 0 Å². The maximum atomic E-state index is 2.53. The van der Waals surface area contributed by atoms with Gasteiger partial charge in [0.05, 0.1) is 0 Å². The Balaban J connectivity index is 2.18. The fourth-order valence-corrected chi connectivity index (χ4v) is 2.75. The van der Waals surface area contributed by atoms with Crippen LogP contribution in [0, 0.1) is 0 Å². The first-order valence-electron chi connectivity index (χ1n) is 4.67. The van der Waals surface area contributed by atoms with Crippen molar-refractivity contribution in [3.63, 3.8) is 0 Å². The van der Waals surface area contributed by atoms with Gasteiger partial charge in [-0.1, -0.05) is 6.92 Å². The standard InChI is InChI=1S/C10H15NS/c1-2-11-6-3-4-9-5-7-12-10(9)8-11/h5,7H,2-4,6,8H2,1H3. The molecule has 0 aliphatic carbocycles. The van der Waals surface area contributed by atoms with Crippen LogP contribution < -0.4 is 0 Å². The molecule has 66 valence electrons. The summed E-state index contributed by atoms with van der Waals surface area (Å²) in [6.45, 7) is 5.90. The van der Waals surface area contributed by atoms with Gasteiger partial charge in [0.15, 0.2) is 0 Å². The summed E-state index contributed by atoms with van der Waals surface area (Å²) in [5.74, 6) is 0. The molecular weight excluding hydrogens is 166 g/mol. The molecule has 12 heavy (non-hydrogen) atoms. The van der Waals surface area contributed by atoms with E-state index in [-0.39, 0.29) is 0 Å². The monoisotopic (exact) mass is 181 g/mol. The number of rotatable bonds is 1. The van der Waals surface area contributed by atoms with E-state index in [4.69, 9.17) is 0 Å². The van der Waals surface area contributed by atoms with Crippen LogP contribution in [0.2, 0.25) is 0 Å². The zero-order valence-electron chi connectivity index (χ0n) is 7.55. The number of hydrogen-bond donors (Lipinski definition) is 0. The van der Waals surface area contributed by atoms with E-state index in [1.807, 2.05) is 11.3 Å². The van der Waals surface area contributed by atoms with Crippen LogP contribution in [-0.4, -0.2) is 18.0 Å². The van der Waals surface area contributed by atoms with Gasteiger partial charge in [-0.25, -0.2) is 0 Å². The van der Waals surface area contributed by atoms with Crippen LogP contribution in [0.25, 0.3) is 0 Å². The summed E-state index contributed by atoms with van der Waals surface area (Å²) in [6, 6.07) is 2.29. The maximum absolute atomic E-state index is 2.53. The highest BCUT2D eigenvalue weighted by atomic mass is 32.1. The third-order valence-electron chi connectivity index (χ3n) is 2.57. The number of fused-ring (bicyclic) bond motifs is 1. The van der Waals surface area contributed by atoms with E-state index in [9.17, 15) is 0 Å². The van der Waals surface area contributed by atoms with Crippen molar-refractivity contribution >= 4 is 11.3 Å². The summed E-state index contributed by atoms with van der Waals surface area (Å²) in [5, 5.41) is 2.23. The van der Waals surface area contributed by atoms with E-state index in [1.54, 1.807) is 10.4 Å². The molecule has 1 aromatic heterocycles. The molecule has 0 aromatic carbocycles. The summed E-state index contributed by atoms with van der Waals surface area (Å²) in [4.78, 5) is 4.12. The van der Waals surface area contributed by atoms with Gasteiger partial charge in [0, 0.05) is 11.4 Å². The van der Waals surface area contributed by atoms with Gasteiger partial charge in [-0.2, -0.15) is 0 Å². The van der Waals surface area contributed by atoms with Crippen molar-refractivity contribution < 1.29 is 0 Å². The lowest BCUT2D eigenvalue weighted by Crippen LogP contribution is -2.22. The molecule has 2 heteroatoms. The Morgan fingerprint density at radius 2 is 2.50 bits per heavy atom. The first-order valence-corrected chi connectivity index (χ1v) is 5.55. The second kappa shape index (κ2) is 3.58. The number of aryl methyl sites for hydroxylation is 1. The second-order valence-corrected chi connectivity index (χ2v) is 4.34. The Morgan fingerprint density at radius 3 is 3.33 bits per heavy atom. The largest absolute Gasteiger partial charge is 0.299 e. The second-order valence-electron chi connectivity index (χ2n) is 3.34. The van der Waals surface area contributed by atoms with Gasteiger partial charge in [-0.15, -0.1) is 11.3 Å². The lowest BCUT2D eigenvalue weighted by molar-refractivity contribution is 0.286. The molecule has 2 rings (SSSR count). The average molecular weight is 181 g/mol. The molecule has 0 radical (unpaired) electrons. The van der Waals surface area contributed by atoms with E-state index >= 15 is 0 Å². The van der Waals surface area contributed by atoms with Gasteiger partial charge in [0.2, 0.25) is 0 Å². The van der Waals surface area contributed by atoms with Gasteiger partial charge < -0.3 is 0 Å². The van der Waals surface area contributed by atoms with Crippen LogP contribution in [0.15, 0.2) is 11.4 Å². The van der Waals surface area contributed by atoms with E-state index in [0.717, 1.165) is 0 Å². The van der Waals surface area contributed by atoms with Crippen molar-refractivity contribution in [1.82, 2.24) is 4.90 Å². The summed E-state index contributed by atoms with van der Waals surface area (Å²) >= 11 is 1.92. The van der Waals surface area contributed by atoms with E-state index in [1.165, 1.54) is 32.5 Å². The van der Waals surface area contributed by atoms with Crippen LogP contribution in [0.5, 0.6) is 0 Å². The molecule has 0 atom stereocenters. The molecule has 0 saturated carbocycles. The van der Waals surface area contributed by atoms with Crippen LogP contribution >= 0.6 is 11.3 Å².